The van der Waals surface area contributed by atoms with Crippen molar-refractivity contribution in [1.29, 1.82) is 5.26 Å². The number of hydrogen-bond acceptors (Lipinski definition) is 7. The molecule has 1 fully saturated rings. The van der Waals surface area contributed by atoms with Gasteiger partial charge < -0.3 is 10.2 Å². The first kappa shape index (κ1) is 17.7. The topological polar surface area (TPSA) is 81.9 Å². The summed E-state index contributed by atoms with van der Waals surface area (Å²) in [5, 5.41) is 21.0. The van der Waals surface area contributed by atoms with Crippen molar-refractivity contribution in [3.63, 3.8) is 0 Å². The van der Waals surface area contributed by atoms with Crippen molar-refractivity contribution in [3.05, 3.63) is 30.3 Å². The Bertz CT molecular complexity index is 754. The number of benzene rings is 1. The minimum absolute atomic E-state index is 0.0293. The lowest BCUT2D eigenvalue weighted by molar-refractivity contribution is -0.117. The predicted octanol–water partition coefficient (Wildman–Crippen LogP) is 3.54. The minimum Gasteiger partial charge on any atom is -0.357 e. The molecule has 1 amide bonds. The summed E-state index contributed by atoms with van der Waals surface area (Å²) in [6.07, 6.45) is 2.66. The predicted molar refractivity (Wildman–Crippen MR) is 101 cm³/mol. The van der Waals surface area contributed by atoms with E-state index in [1.165, 1.54) is 35.9 Å². The van der Waals surface area contributed by atoms with E-state index < -0.39 is 0 Å². The summed E-state index contributed by atoms with van der Waals surface area (Å²) in [5.74, 6) is -0.0293. The van der Waals surface area contributed by atoms with Crippen LogP contribution in [0.4, 0.5) is 10.8 Å². The summed E-state index contributed by atoms with van der Waals surface area (Å²) < 4.78 is 0.775. The SMILES string of the molecule is CC(Sc1nnc(NC2CC2)s1)C(=O)N(CCC#N)c1ccccc1. The van der Waals surface area contributed by atoms with Gasteiger partial charge >= 0.3 is 0 Å². The van der Waals surface area contributed by atoms with Gasteiger partial charge in [-0.05, 0) is 31.9 Å². The summed E-state index contributed by atoms with van der Waals surface area (Å²) >= 11 is 2.89. The van der Waals surface area contributed by atoms with E-state index in [4.69, 9.17) is 5.26 Å². The Labute approximate surface area is 155 Å². The quantitative estimate of drug-likeness (QED) is 0.713. The van der Waals surface area contributed by atoms with Crippen LogP contribution in [0.15, 0.2) is 34.7 Å². The number of nitrogens with one attached hydrogen (secondary N) is 1. The molecule has 1 N–H and O–H groups in total. The highest BCUT2D eigenvalue weighted by Crippen LogP contribution is 2.33. The molecule has 1 saturated carbocycles. The number of aromatic nitrogens is 2. The Kier molecular flexibility index (Phi) is 5.89. The molecule has 1 heterocycles. The summed E-state index contributed by atoms with van der Waals surface area (Å²) in [7, 11) is 0. The van der Waals surface area contributed by atoms with Crippen LogP contribution in [0.25, 0.3) is 0 Å². The molecule has 2 aromatic rings. The molecule has 0 bridgehead atoms. The zero-order chi connectivity index (χ0) is 17.6. The highest BCUT2D eigenvalue weighted by Gasteiger charge is 2.25. The van der Waals surface area contributed by atoms with Crippen molar-refractivity contribution in [1.82, 2.24) is 10.2 Å². The van der Waals surface area contributed by atoms with Crippen molar-refractivity contribution in [3.8, 4) is 6.07 Å². The van der Waals surface area contributed by atoms with Gasteiger partial charge in [-0.15, -0.1) is 10.2 Å². The second kappa shape index (κ2) is 8.32. The van der Waals surface area contributed by atoms with Crippen molar-refractivity contribution in [2.75, 3.05) is 16.8 Å². The number of nitrogens with zero attached hydrogens (tertiary/aromatic N) is 4. The lowest BCUT2D eigenvalue weighted by atomic mass is 10.2. The average molecular weight is 374 g/mol. The van der Waals surface area contributed by atoms with Gasteiger partial charge in [-0.25, -0.2) is 0 Å². The number of nitriles is 1. The number of anilines is 2. The molecule has 1 aliphatic carbocycles. The Balaban J connectivity index is 1.65. The fourth-order valence-electron chi connectivity index (χ4n) is 2.28. The van der Waals surface area contributed by atoms with E-state index in [9.17, 15) is 4.79 Å². The monoisotopic (exact) mass is 373 g/mol. The van der Waals surface area contributed by atoms with Gasteiger partial charge in [-0.3, -0.25) is 4.79 Å². The van der Waals surface area contributed by atoms with Gasteiger partial charge in [0, 0.05) is 18.3 Å². The lowest BCUT2D eigenvalue weighted by Crippen LogP contribution is -2.37. The molecule has 0 radical (unpaired) electrons. The van der Waals surface area contributed by atoms with E-state index in [-0.39, 0.29) is 11.2 Å². The number of amides is 1. The number of thioether (sulfide) groups is 1. The zero-order valence-electron chi connectivity index (χ0n) is 13.9. The lowest BCUT2D eigenvalue weighted by Gasteiger charge is -2.24. The minimum atomic E-state index is -0.305. The van der Waals surface area contributed by atoms with Gasteiger partial charge in [0.15, 0.2) is 4.34 Å². The van der Waals surface area contributed by atoms with Crippen LogP contribution in [-0.2, 0) is 4.79 Å². The van der Waals surface area contributed by atoms with Crippen LogP contribution in [0.5, 0.6) is 0 Å². The van der Waals surface area contributed by atoms with Gasteiger partial charge in [-0.1, -0.05) is 41.3 Å². The highest BCUT2D eigenvalue weighted by atomic mass is 32.2. The third kappa shape index (κ3) is 4.94. The van der Waals surface area contributed by atoms with Gasteiger partial charge in [0.05, 0.1) is 17.7 Å². The van der Waals surface area contributed by atoms with Gasteiger partial charge in [0.2, 0.25) is 11.0 Å². The maximum atomic E-state index is 12.9. The molecule has 1 aromatic carbocycles. The normalized spacial score (nSPS) is 14.6. The van der Waals surface area contributed by atoms with Gasteiger partial charge in [0.25, 0.3) is 0 Å². The molecule has 0 saturated heterocycles. The fourth-order valence-corrected chi connectivity index (χ4v) is 4.31. The Morgan fingerprint density at radius 3 is 2.88 bits per heavy atom. The van der Waals surface area contributed by atoms with Crippen LogP contribution in [-0.4, -0.2) is 33.9 Å². The van der Waals surface area contributed by atoms with Crippen molar-refractivity contribution >= 4 is 39.8 Å². The smallest absolute Gasteiger partial charge is 0.240 e. The second-order valence-electron chi connectivity index (χ2n) is 5.79. The van der Waals surface area contributed by atoms with E-state index >= 15 is 0 Å². The molecular weight excluding hydrogens is 354 g/mol. The number of para-hydroxylation sites is 1. The number of hydrogen-bond donors (Lipinski definition) is 1. The number of rotatable bonds is 8. The molecule has 8 heteroatoms. The van der Waals surface area contributed by atoms with E-state index in [0.717, 1.165) is 15.2 Å². The van der Waals surface area contributed by atoms with Crippen molar-refractivity contribution < 1.29 is 4.79 Å². The van der Waals surface area contributed by atoms with Gasteiger partial charge in [0.1, 0.15) is 0 Å². The van der Waals surface area contributed by atoms with E-state index in [1.54, 1.807) is 4.90 Å². The Hall–Kier alpha value is -2.11. The van der Waals surface area contributed by atoms with Crippen LogP contribution in [0.1, 0.15) is 26.2 Å². The Morgan fingerprint density at radius 1 is 1.44 bits per heavy atom. The van der Waals surface area contributed by atoms with Crippen LogP contribution in [0, 0.1) is 11.3 Å². The van der Waals surface area contributed by atoms with E-state index in [2.05, 4.69) is 21.6 Å². The van der Waals surface area contributed by atoms with E-state index in [0.29, 0.717) is 19.0 Å². The first-order valence-electron chi connectivity index (χ1n) is 8.17. The van der Waals surface area contributed by atoms with E-state index in [1.807, 2.05) is 37.3 Å². The first-order valence-corrected chi connectivity index (χ1v) is 9.87. The van der Waals surface area contributed by atoms with Gasteiger partial charge in [-0.2, -0.15) is 5.26 Å². The Morgan fingerprint density at radius 2 is 2.20 bits per heavy atom. The van der Waals surface area contributed by atoms with Crippen molar-refractivity contribution in [2.24, 2.45) is 0 Å². The number of carbonyl (C=O) groups is 1. The second-order valence-corrected chi connectivity index (χ2v) is 8.35. The molecule has 0 spiro atoms. The molecule has 1 atom stereocenters. The zero-order valence-corrected chi connectivity index (χ0v) is 15.5. The maximum Gasteiger partial charge on any atom is 0.240 e. The highest BCUT2D eigenvalue weighted by molar-refractivity contribution is 8.02. The summed E-state index contributed by atoms with van der Waals surface area (Å²) in [4.78, 5) is 14.6. The molecule has 25 heavy (non-hydrogen) atoms. The largest absolute Gasteiger partial charge is 0.357 e. The molecule has 6 nitrogen and oxygen atoms in total. The van der Waals surface area contributed by atoms with Crippen LogP contribution in [0.3, 0.4) is 0 Å². The fraction of sp³-hybridized carbons (Fsp3) is 0.412. The maximum absolute atomic E-state index is 12.9. The van der Waals surface area contributed by atoms with Crippen molar-refractivity contribution in [2.45, 2.75) is 41.8 Å². The van der Waals surface area contributed by atoms with Crippen LogP contribution in [0.2, 0.25) is 0 Å². The molecule has 1 aromatic heterocycles. The standard InChI is InChI=1S/C17H19N5OS2/c1-12(24-17-21-20-16(25-17)19-13-8-9-13)15(23)22(11-5-10-18)14-6-3-2-4-7-14/h2-4,6-7,12-13H,5,8-9,11H2,1H3,(H,19,20). The third-order valence-electron chi connectivity index (χ3n) is 3.72. The summed E-state index contributed by atoms with van der Waals surface area (Å²) in [6.45, 7) is 2.25. The molecule has 0 aliphatic heterocycles. The summed E-state index contributed by atoms with van der Waals surface area (Å²) in [6, 6.07) is 12.1. The molecular formula is C17H19N5OS2. The average Bonchev–Trinajstić information content (AvgIpc) is 3.34. The molecule has 130 valence electrons. The first-order chi connectivity index (χ1) is 12.2. The van der Waals surface area contributed by atoms with Crippen LogP contribution < -0.4 is 10.2 Å². The third-order valence-corrected chi connectivity index (χ3v) is 5.74. The summed E-state index contributed by atoms with van der Waals surface area (Å²) in [5.41, 5.74) is 0.809. The molecule has 1 aliphatic rings. The molecule has 3 rings (SSSR count). The van der Waals surface area contributed by atoms with Crippen LogP contribution >= 0.6 is 23.1 Å². The molecule has 1 unspecified atom stereocenters. The number of carbonyl (C=O) groups excluding carboxylic acids is 1.